The van der Waals surface area contributed by atoms with Gasteiger partial charge >= 0.3 is 5.97 Å². The second-order valence-electron chi connectivity index (χ2n) is 10.1. The number of aliphatic carboxylic acids is 1. The van der Waals surface area contributed by atoms with Crippen LogP contribution < -0.4 is 5.32 Å². The van der Waals surface area contributed by atoms with E-state index in [9.17, 15) is 19.8 Å². The van der Waals surface area contributed by atoms with Crippen molar-refractivity contribution in [3.05, 3.63) is 102 Å². The number of nitrogens with zero attached hydrogens (tertiary/aromatic N) is 2. The summed E-state index contributed by atoms with van der Waals surface area (Å²) in [4.78, 5) is 32.7. The first-order valence-electron chi connectivity index (χ1n) is 13.4. The Bertz CT molecular complexity index is 1230. The van der Waals surface area contributed by atoms with Gasteiger partial charge in [0.05, 0.1) is 17.9 Å². The molecule has 3 rings (SSSR count). The average molecular weight is 530 g/mol. The molecule has 0 aromatic heterocycles. The molecular weight excluding hydrogens is 490 g/mol. The summed E-state index contributed by atoms with van der Waals surface area (Å²) in [7, 11) is 0. The van der Waals surface area contributed by atoms with Crippen LogP contribution in [0.5, 0.6) is 0 Å². The SMILES string of the molecule is CC(C)N(CC(=O)Nc1ccccc1C(=N[C@@H](C(=O)O)[C@@H](CCO)c1ccccc1)c1ccccc1)C(C)C. The minimum atomic E-state index is -1.16. The van der Waals surface area contributed by atoms with Gasteiger partial charge in [-0.2, -0.15) is 0 Å². The van der Waals surface area contributed by atoms with Crippen LogP contribution in [-0.4, -0.2) is 64.0 Å². The lowest BCUT2D eigenvalue weighted by molar-refractivity contribution is -0.139. The van der Waals surface area contributed by atoms with Crippen molar-refractivity contribution < 1.29 is 19.8 Å². The van der Waals surface area contributed by atoms with Gasteiger partial charge in [-0.05, 0) is 45.7 Å². The number of nitrogens with one attached hydrogen (secondary N) is 1. The number of aliphatic imine (C=N–C) groups is 1. The molecule has 0 radical (unpaired) electrons. The van der Waals surface area contributed by atoms with Gasteiger partial charge in [0.25, 0.3) is 0 Å². The second kappa shape index (κ2) is 14.4. The third kappa shape index (κ3) is 8.09. The highest BCUT2D eigenvalue weighted by Gasteiger charge is 2.30. The molecule has 0 aliphatic rings. The van der Waals surface area contributed by atoms with Crippen molar-refractivity contribution in [2.75, 3.05) is 18.5 Å². The van der Waals surface area contributed by atoms with Crippen LogP contribution in [0, 0.1) is 0 Å². The van der Waals surface area contributed by atoms with E-state index < -0.39 is 17.9 Å². The Labute approximate surface area is 231 Å². The Hall–Kier alpha value is -3.81. The van der Waals surface area contributed by atoms with Crippen LogP contribution in [0.2, 0.25) is 0 Å². The maximum atomic E-state index is 13.1. The Morgan fingerprint density at radius 1 is 0.846 bits per heavy atom. The molecule has 39 heavy (non-hydrogen) atoms. The molecule has 3 aromatic rings. The summed E-state index contributed by atoms with van der Waals surface area (Å²) < 4.78 is 0. The second-order valence-corrected chi connectivity index (χ2v) is 10.1. The van der Waals surface area contributed by atoms with E-state index in [0.717, 1.165) is 11.1 Å². The highest BCUT2D eigenvalue weighted by atomic mass is 16.4. The number of carbonyl (C=O) groups is 2. The van der Waals surface area contributed by atoms with Gasteiger partial charge in [0, 0.05) is 35.7 Å². The Morgan fingerprint density at radius 2 is 1.41 bits per heavy atom. The third-order valence-corrected chi connectivity index (χ3v) is 6.73. The summed E-state index contributed by atoms with van der Waals surface area (Å²) in [5.74, 6) is -1.79. The van der Waals surface area contributed by atoms with E-state index in [-0.39, 0.29) is 37.6 Å². The van der Waals surface area contributed by atoms with Gasteiger partial charge in [-0.15, -0.1) is 0 Å². The lowest BCUT2D eigenvalue weighted by Gasteiger charge is -2.29. The summed E-state index contributed by atoms with van der Waals surface area (Å²) in [6.07, 6.45) is 0.241. The van der Waals surface area contributed by atoms with Crippen LogP contribution in [0.25, 0.3) is 0 Å². The zero-order valence-corrected chi connectivity index (χ0v) is 23.1. The standard InChI is InChI=1S/C32H39N3O4/c1-22(2)35(23(3)4)21-29(37)33-28-18-12-11-17-27(28)30(25-15-9-6-10-16-25)34-31(32(38)39)26(19-20-36)24-13-7-5-8-14-24/h5-18,22-23,26,31,36H,19-21H2,1-4H3,(H,33,37)(H,38,39)/t26-,31+/m0/s1. The van der Waals surface area contributed by atoms with Gasteiger partial charge in [0.1, 0.15) is 0 Å². The number of hydrogen-bond donors (Lipinski definition) is 3. The minimum absolute atomic E-state index is 0.158. The molecule has 0 bridgehead atoms. The van der Waals surface area contributed by atoms with E-state index in [1.165, 1.54) is 0 Å². The van der Waals surface area contributed by atoms with Crippen LogP contribution in [0.4, 0.5) is 5.69 Å². The molecule has 3 aromatic carbocycles. The smallest absolute Gasteiger partial charge is 0.329 e. The number of hydrogen-bond acceptors (Lipinski definition) is 5. The molecule has 3 N–H and O–H groups in total. The van der Waals surface area contributed by atoms with Crippen LogP contribution in [0.1, 0.15) is 56.7 Å². The number of rotatable bonds is 13. The normalized spacial score (nSPS) is 13.5. The highest BCUT2D eigenvalue weighted by molar-refractivity contribution is 6.17. The summed E-state index contributed by atoms with van der Waals surface area (Å²) in [6, 6.07) is 25.2. The number of aliphatic hydroxyl groups excluding tert-OH is 1. The Morgan fingerprint density at radius 3 is 1.97 bits per heavy atom. The molecule has 0 saturated heterocycles. The van der Waals surface area contributed by atoms with Crippen LogP contribution in [0.3, 0.4) is 0 Å². The number of anilines is 1. The Kier molecular flexibility index (Phi) is 11.0. The van der Waals surface area contributed by atoms with Crippen molar-refractivity contribution in [1.82, 2.24) is 4.90 Å². The number of amides is 1. The zero-order chi connectivity index (χ0) is 28.4. The lowest BCUT2D eigenvalue weighted by Crippen LogP contribution is -2.42. The summed E-state index contributed by atoms with van der Waals surface area (Å²) in [6.45, 7) is 8.29. The summed E-state index contributed by atoms with van der Waals surface area (Å²) in [5, 5.41) is 23.2. The molecule has 0 aliphatic carbocycles. The van der Waals surface area contributed by atoms with Crippen molar-refractivity contribution in [3.8, 4) is 0 Å². The van der Waals surface area contributed by atoms with Crippen molar-refractivity contribution in [2.24, 2.45) is 4.99 Å². The van der Waals surface area contributed by atoms with Crippen molar-refractivity contribution in [1.29, 1.82) is 0 Å². The maximum absolute atomic E-state index is 13.1. The molecule has 0 aliphatic heterocycles. The monoisotopic (exact) mass is 529 g/mol. The molecule has 0 unspecified atom stereocenters. The highest BCUT2D eigenvalue weighted by Crippen LogP contribution is 2.29. The third-order valence-electron chi connectivity index (χ3n) is 6.73. The quantitative estimate of drug-likeness (QED) is 0.264. The zero-order valence-electron chi connectivity index (χ0n) is 23.1. The molecular formula is C32H39N3O4. The van der Waals surface area contributed by atoms with E-state index in [4.69, 9.17) is 4.99 Å². The topological polar surface area (TPSA) is 102 Å². The molecule has 0 fully saturated rings. The summed E-state index contributed by atoms with van der Waals surface area (Å²) >= 11 is 0. The van der Waals surface area contributed by atoms with Crippen molar-refractivity contribution >= 4 is 23.3 Å². The first kappa shape index (κ1) is 29.7. The fraction of sp³-hybridized carbons (Fsp3) is 0.344. The van der Waals surface area contributed by atoms with Crippen molar-refractivity contribution in [3.63, 3.8) is 0 Å². The number of benzene rings is 3. The molecule has 1 amide bonds. The molecule has 0 saturated carbocycles. The number of carbonyl (C=O) groups excluding carboxylic acids is 1. The van der Waals surface area contributed by atoms with E-state index in [1.54, 1.807) is 6.07 Å². The van der Waals surface area contributed by atoms with E-state index >= 15 is 0 Å². The van der Waals surface area contributed by atoms with Gasteiger partial charge in [-0.3, -0.25) is 14.7 Å². The Balaban J connectivity index is 2.10. The number of para-hydroxylation sites is 1. The lowest BCUT2D eigenvalue weighted by atomic mass is 9.88. The fourth-order valence-electron chi connectivity index (χ4n) is 4.81. The number of carboxylic acid groups (broad SMARTS) is 1. The van der Waals surface area contributed by atoms with Gasteiger partial charge in [0.2, 0.25) is 5.91 Å². The average Bonchev–Trinajstić information content (AvgIpc) is 2.92. The minimum Gasteiger partial charge on any atom is -0.480 e. The van der Waals surface area contributed by atoms with Gasteiger partial charge in [0.15, 0.2) is 6.04 Å². The number of aliphatic hydroxyl groups is 1. The van der Waals surface area contributed by atoms with Crippen LogP contribution in [0.15, 0.2) is 89.9 Å². The molecule has 0 heterocycles. The van der Waals surface area contributed by atoms with E-state index in [0.29, 0.717) is 17.0 Å². The predicted molar refractivity (Wildman–Crippen MR) is 156 cm³/mol. The maximum Gasteiger partial charge on any atom is 0.329 e. The molecule has 2 atom stereocenters. The largest absolute Gasteiger partial charge is 0.480 e. The van der Waals surface area contributed by atoms with Crippen LogP contribution in [-0.2, 0) is 9.59 Å². The van der Waals surface area contributed by atoms with E-state index in [2.05, 4.69) is 37.9 Å². The molecule has 7 nitrogen and oxygen atoms in total. The number of carboxylic acids is 1. The van der Waals surface area contributed by atoms with E-state index in [1.807, 2.05) is 78.9 Å². The molecule has 7 heteroatoms. The fourth-order valence-corrected chi connectivity index (χ4v) is 4.81. The van der Waals surface area contributed by atoms with Crippen molar-refractivity contribution in [2.45, 2.75) is 58.2 Å². The van der Waals surface area contributed by atoms with Gasteiger partial charge in [-0.1, -0.05) is 78.9 Å². The summed E-state index contributed by atoms with van der Waals surface area (Å²) in [5.41, 5.74) is 3.16. The van der Waals surface area contributed by atoms with Gasteiger partial charge in [-0.25, -0.2) is 4.79 Å². The first-order chi connectivity index (χ1) is 18.7. The molecule has 0 spiro atoms. The van der Waals surface area contributed by atoms with Crippen LogP contribution >= 0.6 is 0 Å². The molecule has 206 valence electrons. The van der Waals surface area contributed by atoms with Gasteiger partial charge < -0.3 is 15.5 Å². The predicted octanol–water partition coefficient (Wildman–Crippen LogP) is 5.20. The first-order valence-corrected chi connectivity index (χ1v) is 13.4.